The summed E-state index contributed by atoms with van der Waals surface area (Å²) in [4.78, 5) is 14.1. The Morgan fingerprint density at radius 2 is 2.28 bits per heavy atom. The molecule has 1 saturated heterocycles. The number of piperazine rings is 1. The number of nitrogens with zero attached hydrogens (tertiary/aromatic N) is 1. The van der Waals surface area contributed by atoms with Crippen LogP contribution in [0.15, 0.2) is 16.6 Å². The summed E-state index contributed by atoms with van der Waals surface area (Å²) < 4.78 is 14.4. The molecule has 0 aliphatic carbocycles. The van der Waals surface area contributed by atoms with E-state index in [1.54, 1.807) is 11.0 Å². The first-order valence-electron chi connectivity index (χ1n) is 5.98. The largest absolute Gasteiger partial charge is 0.336 e. The maximum atomic E-state index is 13.8. The first-order valence-corrected chi connectivity index (χ1v) is 6.77. The van der Waals surface area contributed by atoms with Crippen LogP contribution >= 0.6 is 15.9 Å². The van der Waals surface area contributed by atoms with Gasteiger partial charge < -0.3 is 10.2 Å². The maximum Gasteiger partial charge on any atom is 0.258 e. The molecule has 0 bridgehead atoms. The van der Waals surface area contributed by atoms with Crippen molar-refractivity contribution in [2.45, 2.75) is 19.9 Å². The summed E-state index contributed by atoms with van der Waals surface area (Å²) in [5.41, 5.74) is 1.01. The second kappa shape index (κ2) is 5.36. The number of halogens is 2. The van der Waals surface area contributed by atoms with Crippen LogP contribution in [0, 0.1) is 12.7 Å². The van der Waals surface area contributed by atoms with Crippen molar-refractivity contribution in [1.82, 2.24) is 10.2 Å². The van der Waals surface area contributed by atoms with Crippen LogP contribution < -0.4 is 5.32 Å². The molecule has 0 radical (unpaired) electrons. The second-order valence-electron chi connectivity index (χ2n) is 4.66. The van der Waals surface area contributed by atoms with E-state index in [2.05, 4.69) is 21.2 Å². The zero-order chi connectivity index (χ0) is 13.3. The van der Waals surface area contributed by atoms with Crippen molar-refractivity contribution in [3.63, 3.8) is 0 Å². The van der Waals surface area contributed by atoms with Gasteiger partial charge in [0.25, 0.3) is 5.91 Å². The Labute approximate surface area is 114 Å². The molecular formula is C13H16BrFN2O. The molecule has 18 heavy (non-hydrogen) atoms. The number of hydrogen-bond donors (Lipinski definition) is 1. The average molecular weight is 315 g/mol. The standard InChI is InChI=1S/C13H16BrFN2O/c1-8-3-4-10(15)11(12(8)14)13(18)17-6-5-16-9(2)7-17/h3-4,9,16H,5-7H2,1-2H3/t9-/m1/s1. The highest BCUT2D eigenvalue weighted by atomic mass is 79.9. The zero-order valence-electron chi connectivity index (χ0n) is 10.5. The summed E-state index contributed by atoms with van der Waals surface area (Å²) in [5, 5.41) is 3.26. The molecule has 0 saturated carbocycles. The number of aryl methyl sites for hydroxylation is 1. The van der Waals surface area contributed by atoms with E-state index < -0.39 is 5.82 Å². The highest BCUT2D eigenvalue weighted by Crippen LogP contribution is 2.25. The Balaban J connectivity index is 2.31. The molecule has 2 rings (SSSR count). The summed E-state index contributed by atoms with van der Waals surface area (Å²) in [6, 6.07) is 3.25. The van der Waals surface area contributed by atoms with Gasteiger partial charge in [0, 0.05) is 30.1 Å². The molecule has 1 aliphatic rings. The lowest BCUT2D eigenvalue weighted by molar-refractivity contribution is 0.0703. The SMILES string of the molecule is Cc1ccc(F)c(C(=O)N2CCN[C@H](C)C2)c1Br. The molecule has 1 heterocycles. The fourth-order valence-corrected chi connectivity index (χ4v) is 2.62. The van der Waals surface area contributed by atoms with Gasteiger partial charge in [0.15, 0.2) is 0 Å². The molecule has 1 aromatic carbocycles. The lowest BCUT2D eigenvalue weighted by Gasteiger charge is -2.32. The average Bonchev–Trinajstić information content (AvgIpc) is 2.34. The summed E-state index contributed by atoms with van der Waals surface area (Å²) in [7, 11) is 0. The predicted molar refractivity (Wildman–Crippen MR) is 72.2 cm³/mol. The minimum atomic E-state index is -0.469. The van der Waals surface area contributed by atoms with Gasteiger partial charge in [-0.05, 0) is 41.4 Å². The highest BCUT2D eigenvalue weighted by Gasteiger charge is 2.26. The van der Waals surface area contributed by atoms with Gasteiger partial charge in [0.2, 0.25) is 0 Å². The molecule has 5 heteroatoms. The van der Waals surface area contributed by atoms with Crippen molar-refractivity contribution in [3.05, 3.63) is 33.5 Å². The molecular weight excluding hydrogens is 299 g/mol. The van der Waals surface area contributed by atoms with Crippen LogP contribution in [0.1, 0.15) is 22.8 Å². The Hall–Kier alpha value is -0.940. The third-order valence-electron chi connectivity index (χ3n) is 3.15. The second-order valence-corrected chi connectivity index (χ2v) is 5.45. The van der Waals surface area contributed by atoms with Crippen LogP contribution in [-0.2, 0) is 0 Å². The molecule has 1 fully saturated rings. The van der Waals surface area contributed by atoms with Crippen LogP contribution in [0.2, 0.25) is 0 Å². The molecule has 0 unspecified atom stereocenters. The quantitative estimate of drug-likeness (QED) is 0.863. The monoisotopic (exact) mass is 314 g/mol. The third kappa shape index (κ3) is 2.57. The summed E-state index contributed by atoms with van der Waals surface area (Å²) in [6.07, 6.45) is 0. The maximum absolute atomic E-state index is 13.8. The zero-order valence-corrected chi connectivity index (χ0v) is 12.1. The third-order valence-corrected chi connectivity index (χ3v) is 4.18. The topological polar surface area (TPSA) is 32.3 Å². The number of amides is 1. The summed E-state index contributed by atoms with van der Waals surface area (Å²) in [5.74, 6) is -0.708. The Morgan fingerprint density at radius 1 is 1.56 bits per heavy atom. The fourth-order valence-electron chi connectivity index (χ4n) is 2.13. The van der Waals surface area contributed by atoms with Crippen LogP contribution in [-0.4, -0.2) is 36.5 Å². The van der Waals surface area contributed by atoms with Crippen LogP contribution in [0.25, 0.3) is 0 Å². The molecule has 1 N–H and O–H groups in total. The van der Waals surface area contributed by atoms with E-state index in [0.717, 1.165) is 12.1 Å². The Morgan fingerprint density at radius 3 is 2.94 bits per heavy atom. The number of carbonyl (C=O) groups is 1. The molecule has 98 valence electrons. The Kier molecular flexibility index (Phi) is 4.02. The van der Waals surface area contributed by atoms with Crippen molar-refractivity contribution in [1.29, 1.82) is 0 Å². The molecule has 1 aromatic rings. The van der Waals surface area contributed by atoms with Crippen molar-refractivity contribution < 1.29 is 9.18 Å². The van der Waals surface area contributed by atoms with Crippen molar-refractivity contribution in [2.24, 2.45) is 0 Å². The number of hydrogen-bond acceptors (Lipinski definition) is 2. The van der Waals surface area contributed by atoms with Gasteiger partial charge in [-0.2, -0.15) is 0 Å². The minimum Gasteiger partial charge on any atom is -0.336 e. The number of rotatable bonds is 1. The van der Waals surface area contributed by atoms with E-state index in [-0.39, 0.29) is 17.5 Å². The van der Waals surface area contributed by atoms with Gasteiger partial charge in [-0.3, -0.25) is 4.79 Å². The van der Waals surface area contributed by atoms with Crippen molar-refractivity contribution in [2.75, 3.05) is 19.6 Å². The fraction of sp³-hybridized carbons (Fsp3) is 0.462. The van der Waals surface area contributed by atoms with Crippen molar-refractivity contribution in [3.8, 4) is 0 Å². The minimum absolute atomic E-state index is 0.143. The first-order chi connectivity index (χ1) is 8.50. The molecule has 0 aromatic heterocycles. The molecule has 0 spiro atoms. The van der Waals surface area contributed by atoms with Crippen LogP contribution in [0.3, 0.4) is 0 Å². The van der Waals surface area contributed by atoms with E-state index in [1.165, 1.54) is 6.07 Å². The number of carbonyl (C=O) groups excluding carboxylic acids is 1. The number of benzene rings is 1. The smallest absolute Gasteiger partial charge is 0.258 e. The van der Waals surface area contributed by atoms with E-state index >= 15 is 0 Å². The van der Waals surface area contributed by atoms with E-state index in [0.29, 0.717) is 17.6 Å². The predicted octanol–water partition coefficient (Wildman–Crippen LogP) is 2.33. The van der Waals surface area contributed by atoms with Crippen LogP contribution in [0.4, 0.5) is 4.39 Å². The lowest BCUT2D eigenvalue weighted by atomic mass is 10.1. The van der Waals surface area contributed by atoms with E-state index in [1.807, 2.05) is 13.8 Å². The summed E-state index contributed by atoms with van der Waals surface area (Å²) in [6.45, 7) is 5.83. The van der Waals surface area contributed by atoms with Gasteiger partial charge in [-0.15, -0.1) is 0 Å². The van der Waals surface area contributed by atoms with Crippen molar-refractivity contribution >= 4 is 21.8 Å². The lowest BCUT2D eigenvalue weighted by Crippen LogP contribution is -2.51. The van der Waals surface area contributed by atoms with Gasteiger partial charge in [0.1, 0.15) is 5.82 Å². The van der Waals surface area contributed by atoms with Gasteiger partial charge in [-0.1, -0.05) is 6.07 Å². The highest BCUT2D eigenvalue weighted by molar-refractivity contribution is 9.10. The molecule has 1 atom stereocenters. The molecule has 3 nitrogen and oxygen atoms in total. The molecule has 1 aliphatic heterocycles. The first kappa shape index (κ1) is 13.5. The van der Waals surface area contributed by atoms with Gasteiger partial charge in [-0.25, -0.2) is 4.39 Å². The van der Waals surface area contributed by atoms with Gasteiger partial charge >= 0.3 is 0 Å². The van der Waals surface area contributed by atoms with Crippen LogP contribution in [0.5, 0.6) is 0 Å². The van der Waals surface area contributed by atoms with E-state index in [4.69, 9.17) is 0 Å². The van der Waals surface area contributed by atoms with E-state index in [9.17, 15) is 9.18 Å². The Bertz CT molecular complexity index is 478. The normalized spacial score (nSPS) is 20.0. The number of nitrogens with one attached hydrogen (secondary N) is 1. The molecule has 1 amide bonds. The van der Waals surface area contributed by atoms with Gasteiger partial charge in [0.05, 0.1) is 5.56 Å². The summed E-state index contributed by atoms with van der Waals surface area (Å²) >= 11 is 3.31.